The molecule has 1 aliphatic rings. The van der Waals surface area contributed by atoms with Crippen molar-refractivity contribution in [1.29, 1.82) is 0 Å². The molecular weight excluding hydrogens is 242 g/mol. The largest absolute Gasteiger partial charge is 0.382 e. The Balaban J connectivity index is 1.87. The van der Waals surface area contributed by atoms with Crippen molar-refractivity contribution in [1.82, 2.24) is 0 Å². The van der Waals surface area contributed by atoms with Crippen molar-refractivity contribution >= 4 is 5.69 Å². The van der Waals surface area contributed by atoms with E-state index in [1.807, 2.05) is 0 Å². The Morgan fingerprint density at radius 2 is 1.85 bits per heavy atom. The SMILES string of the molecule is CCc1cccc(CC2CC(C)Nc3ccccc32)c1. The topological polar surface area (TPSA) is 12.0 Å². The third-order valence-corrected chi connectivity index (χ3v) is 4.32. The van der Waals surface area contributed by atoms with Crippen LogP contribution in [0.15, 0.2) is 48.5 Å². The first-order chi connectivity index (χ1) is 9.76. The summed E-state index contributed by atoms with van der Waals surface area (Å²) in [6.07, 6.45) is 3.48. The highest BCUT2D eigenvalue weighted by molar-refractivity contribution is 5.55. The Morgan fingerprint density at radius 3 is 2.70 bits per heavy atom. The quantitative estimate of drug-likeness (QED) is 0.842. The summed E-state index contributed by atoms with van der Waals surface area (Å²) in [4.78, 5) is 0. The fraction of sp³-hybridized carbons (Fsp3) is 0.368. The van der Waals surface area contributed by atoms with Gasteiger partial charge in [0.2, 0.25) is 0 Å². The highest BCUT2D eigenvalue weighted by Crippen LogP contribution is 2.36. The summed E-state index contributed by atoms with van der Waals surface area (Å²) in [7, 11) is 0. The predicted molar refractivity (Wildman–Crippen MR) is 86.4 cm³/mol. The normalized spacial score (nSPS) is 21.1. The second-order valence-corrected chi connectivity index (χ2v) is 5.94. The molecule has 1 nitrogen and oxygen atoms in total. The van der Waals surface area contributed by atoms with Gasteiger partial charge < -0.3 is 5.32 Å². The smallest absolute Gasteiger partial charge is 0.0377 e. The Kier molecular flexibility index (Phi) is 3.77. The van der Waals surface area contributed by atoms with Crippen molar-refractivity contribution in [3.8, 4) is 0 Å². The first-order valence-electron chi connectivity index (χ1n) is 7.69. The lowest BCUT2D eigenvalue weighted by molar-refractivity contribution is 0.551. The molecule has 0 amide bonds. The van der Waals surface area contributed by atoms with Gasteiger partial charge in [-0.15, -0.1) is 0 Å². The van der Waals surface area contributed by atoms with E-state index in [9.17, 15) is 0 Å². The van der Waals surface area contributed by atoms with Crippen LogP contribution >= 0.6 is 0 Å². The summed E-state index contributed by atoms with van der Waals surface area (Å²) in [6, 6.07) is 18.4. The predicted octanol–water partition coefficient (Wildman–Crippen LogP) is 4.78. The van der Waals surface area contributed by atoms with Crippen LogP contribution in [0.3, 0.4) is 0 Å². The fourth-order valence-electron chi connectivity index (χ4n) is 3.32. The standard InChI is InChI=1S/C19H23N/c1-3-15-7-6-8-16(12-15)13-17-11-14(2)20-19-10-5-4-9-18(17)19/h4-10,12,14,17,20H,3,11,13H2,1-2H3. The lowest BCUT2D eigenvalue weighted by atomic mass is 9.83. The zero-order valence-electron chi connectivity index (χ0n) is 12.4. The van der Waals surface area contributed by atoms with Gasteiger partial charge in [-0.3, -0.25) is 0 Å². The molecule has 1 N–H and O–H groups in total. The summed E-state index contributed by atoms with van der Waals surface area (Å²) < 4.78 is 0. The Labute approximate surface area is 122 Å². The van der Waals surface area contributed by atoms with E-state index in [4.69, 9.17) is 0 Å². The molecule has 0 radical (unpaired) electrons. The molecule has 0 aliphatic carbocycles. The van der Waals surface area contributed by atoms with E-state index in [2.05, 4.69) is 67.7 Å². The molecule has 104 valence electrons. The van der Waals surface area contributed by atoms with Crippen LogP contribution in [-0.4, -0.2) is 6.04 Å². The van der Waals surface area contributed by atoms with Crippen LogP contribution in [0.1, 0.15) is 42.9 Å². The summed E-state index contributed by atoms with van der Waals surface area (Å²) in [5.74, 6) is 0.634. The van der Waals surface area contributed by atoms with Gasteiger partial charge in [-0.2, -0.15) is 0 Å². The molecule has 2 atom stereocenters. The van der Waals surface area contributed by atoms with E-state index in [1.165, 1.54) is 28.8 Å². The molecule has 0 fully saturated rings. The summed E-state index contributed by atoms with van der Waals surface area (Å²) in [5, 5.41) is 3.60. The summed E-state index contributed by atoms with van der Waals surface area (Å²) in [6.45, 7) is 4.51. The van der Waals surface area contributed by atoms with Gasteiger partial charge >= 0.3 is 0 Å². The highest BCUT2D eigenvalue weighted by Gasteiger charge is 2.23. The van der Waals surface area contributed by atoms with E-state index in [0.717, 1.165) is 12.8 Å². The molecule has 0 bridgehead atoms. The van der Waals surface area contributed by atoms with Crippen molar-refractivity contribution in [2.24, 2.45) is 0 Å². The molecule has 0 saturated carbocycles. The lowest BCUT2D eigenvalue weighted by Gasteiger charge is -2.31. The molecule has 1 heterocycles. The van der Waals surface area contributed by atoms with Gasteiger partial charge in [0.1, 0.15) is 0 Å². The average molecular weight is 265 g/mol. The number of benzene rings is 2. The van der Waals surface area contributed by atoms with Crippen LogP contribution in [0.4, 0.5) is 5.69 Å². The minimum Gasteiger partial charge on any atom is -0.382 e. The van der Waals surface area contributed by atoms with Crippen molar-refractivity contribution in [2.75, 3.05) is 5.32 Å². The van der Waals surface area contributed by atoms with Crippen molar-refractivity contribution < 1.29 is 0 Å². The van der Waals surface area contributed by atoms with E-state index in [-0.39, 0.29) is 0 Å². The van der Waals surface area contributed by atoms with Crippen LogP contribution in [0.2, 0.25) is 0 Å². The van der Waals surface area contributed by atoms with Crippen molar-refractivity contribution in [2.45, 2.75) is 45.1 Å². The van der Waals surface area contributed by atoms with E-state index in [0.29, 0.717) is 12.0 Å². The van der Waals surface area contributed by atoms with Gasteiger partial charge in [-0.25, -0.2) is 0 Å². The van der Waals surface area contributed by atoms with Crippen LogP contribution in [0.25, 0.3) is 0 Å². The molecule has 0 aromatic heterocycles. The molecule has 0 saturated heterocycles. The molecule has 20 heavy (non-hydrogen) atoms. The number of hydrogen-bond donors (Lipinski definition) is 1. The van der Waals surface area contributed by atoms with Gasteiger partial charge in [-0.1, -0.05) is 49.4 Å². The number of hydrogen-bond acceptors (Lipinski definition) is 1. The third-order valence-electron chi connectivity index (χ3n) is 4.32. The van der Waals surface area contributed by atoms with E-state index >= 15 is 0 Å². The molecule has 0 spiro atoms. The first-order valence-corrected chi connectivity index (χ1v) is 7.69. The lowest BCUT2D eigenvalue weighted by Crippen LogP contribution is -2.26. The monoisotopic (exact) mass is 265 g/mol. The zero-order chi connectivity index (χ0) is 13.9. The molecule has 2 unspecified atom stereocenters. The van der Waals surface area contributed by atoms with Gasteiger partial charge in [0.15, 0.2) is 0 Å². The second-order valence-electron chi connectivity index (χ2n) is 5.94. The van der Waals surface area contributed by atoms with Crippen molar-refractivity contribution in [3.05, 3.63) is 65.2 Å². The van der Waals surface area contributed by atoms with Crippen molar-refractivity contribution in [3.63, 3.8) is 0 Å². The second kappa shape index (κ2) is 5.70. The van der Waals surface area contributed by atoms with Gasteiger partial charge in [-0.05, 0) is 54.9 Å². The molecule has 1 aliphatic heterocycles. The maximum Gasteiger partial charge on any atom is 0.0377 e. The first kappa shape index (κ1) is 13.2. The molecule has 3 rings (SSSR count). The van der Waals surface area contributed by atoms with Gasteiger partial charge in [0.05, 0.1) is 0 Å². The van der Waals surface area contributed by atoms with Crippen LogP contribution in [-0.2, 0) is 12.8 Å². The summed E-state index contributed by atoms with van der Waals surface area (Å²) in [5.41, 5.74) is 5.71. The molecular formula is C19H23N. The minimum atomic E-state index is 0.559. The Morgan fingerprint density at radius 1 is 1.05 bits per heavy atom. The van der Waals surface area contributed by atoms with E-state index < -0.39 is 0 Å². The molecule has 2 aromatic carbocycles. The number of para-hydroxylation sites is 1. The van der Waals surface area contributed by atoms with Crippen LogP contribution < -0.4 is 5.32 Å². The number of anilines is 1. The Hall–Kier alpha value is -1.76. The third kappa shape index (κ3) is 2.72. The number of rotatable bonds is 3. The van der Waals surface area contributed by atoms with Gasteiger partial charge in [0, 0.05) is 11.7 Å². The highest BCUT2D eigenvalue weighted by atomic mass is 14.9. The minimum absolute atomic E-state index is 0.559. The van der Waals surface area contributed by atoms with E-state index in [1.54, 1.807) is 0 Å². The fourth-order valence-corrected chi connectivity index (χ4v) is 3.32. The molecule has 2 aromatic rings. The molecule has 1 heteroatoms. The van der Waals surface area contributed by atoms with Crippen LogP contribution in [0.5, 0.6) is 0 Å². The number of fused-ring (bicyclic) bond motifs is 1. The Bertz CT molecular complexity index is 588. The average Bonchev–Trinajstić information content (AvgIpc) is 2.47. The number of aryl methyl sites for hydroxylation is 1. The van der Waals surface area contributed by atoms with Gasteiger partial charge in [0.25, 0.3) is 0 Å². The maximum absolute atomic E-state index is 3.60. The van der Waals surface area contributed by atoms with Crippen LogP contribution in [0, 0.1) is 0 Å². The summed E-state index contributed by atoms with van der Waals surface area (Å²) >= 11 is 0. The maximum atomic E-state index is 3.60. The zero-order valence-corrected chi connectivity index (χ0v) is 12.4. The number of nitrogens with one attached hydrogen (secondary N) is 1.